The molecule has 0 radical (unpaired) electrons. The van der Waals surface area contributed by atoms with Crippen LogP contribution in [0.25, 0.3) is 0 Å². The normalized spacial score (nSPS) is 30.4. The molecular formula is C8H16NO2+. The molecule has 3 nitrogen and oxygen atoms in total. The van der Waals surface area contributed by atoms with Gasteiger partial charge in [0, 0.05) is 6.42 Å². The highest BCUT2D eigenvalue weighted by molar-refractivity contribution is 5.72. The second-order valence-electron chi connectivity index (χ2n) is 3.15. The van der Waals surface area contributed by atoms with E-state index >= 15 is 0 Å². The van der Waals surface area contributed by atoms with Crippen LogP contribution in [0.15, 0.2) is 0 Å². The van der Waals surface area contributed by atoms with Crippen molar-refractivity contribution in [2.75, 3.05) is 26.7 Å². The molecule has 1 fully saturated rings. The Labute approximate surface area is 67.3 Å². The van der Waals surface area contributed by atoms with Gasteiger partial charge in [-0.25, -0.2) is 0 Å². The maximum absolute atomic E-state index is 11.2. The second kappa shape index (κ2) is 3.72. The van der Waals surface area contributed by atoms with Gasteiger partial charge in [0.25, 0.3) is 0 Å². The van der Waals surface area contributed by atoms with E-state index in [2.05, 4.69) is 7.05 Å². The molecule has 1 N–H and O–H groups in total. The summed E-state index contributed by atoms with van der Waals surface area (Å²) >= 11 is 0. The summed E-state index contributed by atoms with van der Waals surface area (Å²) in [5, 5.41) is 0. The van der Waals surface area contributed by atoms with Gasteiger partial charge in [-0.05, 0) is 6.92 Å². The number of hydrogen-bond donors (Lipinski definition) is 1. The SMILES string of the molecule is CCOC(=O)[C@H]1CC[NH+](C)C1. The van der Waals surface area contributed by atoms with E-state index in [1.165, 1.54) is 4.90 Å². The van der Waals surface area contributed by atoms with E-state index in [1.54, 1.807) is 0 Å². The summed E-state index contributed by atoms with van der Waals surface area (Å²) in [7, 11) is 2.11. The lowest BCUT2D eigenvalue weighted by atomic mass is 10.1. The van der Waals surface area contributed by atoms with Crippen molar-refractivity contribution in [3.05, 3.63) is 0 Å². The van der Waals surface area contributed by atoms with Crippen molar-refractivity contribution in [2.45, 2.75) is 13.3 Å². The van der Waals surface area contributed by atoms with Crippen LogP contribution >= 0.6 is 0 Å². The number of likely N-dealkylation sites (tertiary alicyclic amines) is 1. The minimum atomic E-state index is -0.00986. The molecule has 1 saturated heterocycles. The number of esters is 1. The number of carbonyl (C=O) groups excluding carboxylic acids is 1. The van der Waals surface area contributed by atoms with Crippen molar-refractivity contribution in [2.24, 2.45) is 5.92 Å². The molecule has 1 rings (SSSR count). The number of carbonyl (C=O) groups is 1. The van der Waals surface area contributed by atoms with Crippen LogP contribution in [-0.2, 0) is 9.53 Å². The maximum Gasteiger partial charge on any atom is 0.314 e. The van der Waals surface area contributed by atoms with Gasteiger partial charge < -0.3 is 9.64 Å². The molecule has 2 atom stereocenters. The maximum atomic E-state index is 11.2. The zero-order chi connectivity index (χ0) is 8.27. The van der Waals surface area contributed by atoms with Gasteiger partial charge in [0.15, 0.2) is 0 Å². The Morgan fingerprint density at radius 2 is 2.45 bits per heavy atom. The molecular weight excluding hydrogens is 142 g/mol. The number of hydrogen-bond acceptors (Lipinski definition) is 2. The minimum Gasteiger partial charge on any atom is -0.466 e. The predicted molar refractivity (Wildman–Crippen MR) is 41.4 cm³/mol. The first kappa shape index (κ1) is 8.53. The Balaban J connectivity index is 2.31. The van der Waals surface area contributed by atoms with Crippen molar-refractivity contribution in [3.8, 4) is 0 Å². The molecule has 1 aliphatic heterocycles. The molecule has 1 aliphatic rings. The molecule has 11 heavy (non-hydrogen) atoms. The summed E-state index contributed by atoms with van der Waals surface area (Å²) in [6.45, 7) is 4.40. The molecule has 0 bridgehead atoms. The minimum absolute atomic E-state index is 0.00986. The summed E-state index contributed by atoms with van der Waals surface area (Å²) in [6.07, 6.45) is 0.991. The van der Waals surface area contributed by atoms with E-state index in [1.807, 2.05) is 6.92 Å². The Morgan fingerprint density at radius 3 is 2.91 bits per heavy atom. The van der Waals surface area contributed by atoms with E-state index in [-0.39, 0.29) is 11.9 Å². The number of nitrogens with one attached hydrogen (secondary N) is 1. The monoisotopic (exact) mass is 158 g/mol. The van der Waals surface area contributed by atoms with Crippen LogP contribution in [0.5, 0.6) is 0 Å². The molecule has 64 valence electrons. The van der Waals surface area contributed by atoms with Crippen molar-refractivity contribution < 1.29 is 14.4 Å². The van der Waals surface area contributed by atoms with Crippen LogP contribution in [0.1, 0.15) is 13.3 Å². The van der Waals surface area contributed by atoms with Crippen LogP contribution in [0.2, 0.25) is 0 Å². The van der Waals surface area contributed by atoms with Crippen LogP contribution in [0.3, 0.4) is 0 Å². The van der Waals surface area contributed by atoms with Crippen LogP contribution < -0.4 is 4.90 Å². The molecule has 3 heteroatoms. The summed E-state index contributed by atoms with van der Waals surface area (Å²) in [6, 6.07) is 0. The summed E-state index contributed by atoms with van der Waals surface area (Å²) in [5.41, 5.74) is 0. The molecule has 0 aromatic rings. The van der Waals surface area contributed by atoms with E-state index in [0.717, 1.165) is 19.5 Å². The zero-order valence-corrected chi connectivity index (χ0v) is 7.22. The van der Waals surface area contributed by atoms with Crippen molar-refractivity contribution >= 4 is 5.97 Å². The van der Waals surface area contributed by atoms with Crippen molar-refractivity contribution in [3.63, 3.8) is 0 Å². The highest BCUT2D eigenvalue weighted by Gasteiger charge is 2.30. The molecule has 1 unspecified atom stereocenters. The quantitative estimate of drug-likeness (QED) is 0.527. The summed E-state index contributed by atoms with van der Waals surface area (Å²) < 4.78 is 4.92. The van der Waals surface area contributed by atoms with Gasteiger partial charge in [-0.3, -0.25) is 4.79 Å². The molecule has 0 aliphatic carbocycles. The zero-order valence-electron chi connectivity index (χ0n) is 7.22. The summed E-state index contributed by atoms with van der Waals surface area (Å²) in [5.74, 6) is 0.152. The molecule has 0 spiro atoms. The third kappa shape index (κ3) is 2.19. The Bertz CT molecular complexity index is 147. The highest BCUT2D eigenvalue weighted by atomic mass is 16.5. The van der Waals surface area contributed by atoms with Gasteiger partial charge in [-0.1, -0.05) is 0 Å². The lowest BCUT2D eigenvalue weighted by Gasteiger charge is -2.06. The van der Waals surface area contributed by atoms with E-state index in [4.69, 9.17) is 4.74 Å². The molecule has 0 aromatic heterocycles. The van der Waals surface area contributed by atoms with Gasteiger partial charge in [0.05, 0.1) is 26.7 Å². The first-order valence-electron chi connectivity index (χ1n) is 4.22. The van der Waals surface area contributed by atoms with Crippen LogP contribution in [0, 0.1) is 5.92 Å². The summed E-state index contributed by atoms with van der Waals surface area (Å²) in [4.78, 5) is 12.6. The lowest BCUT2D eigenvalue weighted by molar-refractivity contribution is -0.867. The van der Waals surface area contributed by atoms with Crippen molar-refractivity contribution in [1.82, 2.24) is 0 Å². The van der Waals surface area contributed by atoms with Crippen LogP contribution in [0.4, 0.5) is 0 Å². The average Bonchev–Trinajstić information content (AvgIpc) is 2.36. The third-order valence-corrected chi connectivity index (χ3v) is 2.13. The Morgan fingerprint density at radius 1 is 1.73 bits per heavy atom. The number of quaternary nitrogens is 1. The van der Waals surface area contributed by atoms with E-state index < -0.39 is 0 Å². The van der Waals surface area contributed by atoms with Gasteiger partial charge in [-0.2, -0.15) is 0 Å². The molecule has 0 aromatic carbocycles. The van der Waals surface area contributed by atoms with Gasteiger partial charge in [0.1, 0.15) is 5.92 Å². The Hall–Kier alpha value is -0.570. The van der Waals surface area contributed by atoms with Crippen molar-refractivity contribution in [1.29, 1.82) is 0 Å². The van der Waals surface area contributed by atoms with E-state index in [0.29, 0.717) is 6.61 Å². The highest BCUT2D eigenvalue weighted by Crippen LogP contribution is 2.05. The fourth-order valence-corrected chi connectivity index (χ4v) is 1.51. The fraction of sp³-hybridized carbons (Fsp3) is 0.875. The largest absolute Gasteiger partial charge is 0.466 e. The first-order valence-corrected chi connectivity index (χ1v) is 4.22. The predicted octanol–water partition coefficient (Wildman–Crippen LogP) is -0.916. The standard InChI is InChI=1S/C8H15NO2/c1-3-11-8(10)7-4-5-9(2)6-7/h7H,3-6H2,1-2H3/p+1/t7-/m0/s1. The van der Waals surface area contributed by atoms with Crippen LogP contribution in [-0.4, -0.2) is 32.7 Å². The fourth-order valence-electron chi connectivity index (χ4n) is 1.51. The molecule has 0 saturated carbocycles. The van der Waals surface area contributed by atoms with Gasteiger partial charge in [0.2, 0.25) is 0 Å². The topological polar surface area (TPSA) is 30.7 Å². The third-order valence-electron chi connectivity index (χ3n) is 2.13. The molecule has 1 heterocycles. The van der Waals surface area contributed by atoms with Gasteiger partial charge >= 0.3 is 5.97 Å². The Kier molecular flexibility index (Phi) is 2.88. The lowest BCUT2D eigenvalue weighted by Crippen LogP contribution is -3.07. The number of rotatable bonds is 2. The van der Waals surface area contributed by atoms with Gasteiger partial charge in [-0.15, -0.1) is 0 Å². The number of ether oxygens (including phenoxy) is 1. The smallest absolute Gasteiger partial charge is 0.314 e. The molecule has 0 amide bonds. The average molecular weight is 158 g/mol. The first-order chi connectivity index (χ1) is 5.24. The van der Waals surface area contributed by atoms with E-state index in [9.17, 15) is 4.79 Å². The second-order valence-corrected chi connectivity index (χ2v) is 3.15.